The first kappa shape index (κ1) is 17.4. The smallest absolute Gasteiger partial charge is 0.278 e. The van der Waals surface area contributed by atoms with E-state index in [9.17, 15) is 14.9 Å². The van der Waals surface area contributed by atoms with Gasteiger partial charge in [0, 0.05) is 16.8 Å². The molecule has 8 heteroatoms. The maximum absolute atomic E-state index is 11.8. The SMILES string of the molecule is Cc1c(Cl)cccc1NCC(=O)N/N=C/c1ccccc1[N+](=O)[O-]. The molecule has 2 N–H and O–H groups in total. The van der Waals surface area contributed by atoms with E-state index in [0.29, 0.717) is 10.6 Å². The van der Waals surface area contributed by atoms with E-state index >= 15 is 0 Å². The lowest BCUT2D eigenvalue weighted by molar-refractivity contribution is -0.385. The molecule has 0 spiro atoms. The van der Waals surface area contributed by atoms with Crippen LogP contribution in [0.2, 0.25) is 5.02 Å². The molecule has 0 atom stereocenters. The van der Waals surface area contributed by atoms with Gasteiger partial charge in [-0.2, -0.15) is 5.10 Å². The summed E-state index contributed by atoms with van der Waals surface area (Å²) in [5.74, 6) is -0.385. The number of anilines is 1. The molecule has 0 bridgehead atoms. The molecule has 0 aliphatic carbocycles. The van der Waals surface area contributed by atoms with E-state index in [1.54, 1.807) is 30.3 Å². The number of hydrogen-bond donors (Lipinski definition) is 2. The fraction of sp³-hybridized carbons (Fsp3) is 0.125. The number of nitro groups is 1. The Labute approximate surface area is 143 Å². The fourth-order valence-electron chi connectivity index (χ4n) is 1.95. The van der Waals surface area contributed by atoms with Crippen LogP contribution in [0.25, 0.3) is 0 Å². The number of nitro benzene ring substituents is 1. The number of amides is 1. The third-order valence-corrected chi connectivity index (χ3v) is 3.64. The number of rotatable bonds is 6. The molecule has 0 aliphatic heterocycles. The largest absolute Gasteiger partial charge is 0.376 e. The average molecular weight is 347 g/mol. The number of halogens is 1. The summed E-state index contributed by atoms with van der Waals surface area (Å²) in [6, 6.07) is 11.5. The van der Waals surface area contributed by atoms with Crippen molar-refractivity contribution < 1.29 is 9.72 Å². The highest BCUT2D eigenvalue weighted by atomic mass is 35.5. The topological polar surface area (TPSA) is 96.6 Å². The number of carbonyl (C=O) groups excluding carboxylic acids is 1. The molecule has 2 rings (SSSR count). The van der Waals surface area contributed by atoms with E-state index in [-0.39, 0.29) is 18.1 Å². The van der Waals surface area contributed by atoms with Gasteiger partial charge in [-0.1, -0.05) is 29.8 Å². The van der Waals surface area contributed by atoms with Gasteiger partial charge in [-0.05, 0) is 30.7 Å². The molecule has 0 radical (unpaired) electrons. The average Bonchev–Trinajstić information content (AvgIpc) is 2.56. The molecule has 0 aromatic heterocycles. The van der Waals surface area contributed by atoms with Gasteiger partial charge < -0.3 is 5.32 Å². The second-order valence-electron chi connectivity index (χ2n) is 4.88. The van der Waals surface area contributed by atoms with Crippen molar-refractivity contribution in [3.05, 3.63) is 68.7 Å². The van der Waals surface area contributed by atoms with Gasteiger partial charge in [0.15, 0.2) is 0 Å². The Kier molecular flexibility index (Phi) is 5.86. The Hall–Kier alpha value is -2.93. The summed E-state index contributed by atoms with van der Waals surface area (Å²) in [7, 11) is 0. The molecule has 0 fully saturated rings. The normalized spacial score (nSPS) is 10.6. The van der Waals surface area contributed by atoms with Crippen LogP contribution in [-0.4, -0.2) is 23.6 Å². The maximum Gasteiger partial charge on any atom is 0.278 e. The summed E-state index contributed by atoms with van der Waals surface area (Å²) in [6.07, 6.45) is 1.24. The summed E-state index contributed by atoms with van der Waals surface area (Å²) >= 11 is 6.00. The first-order valence-electron chi connectivity index (χ1n) is 7.03. The van der Waals surface area contributed by atoms with Gasteiger partial charge in [0.2, 0.25) is 0 Å². The molecule has 0 unspecified atom stereocenters. The molecule has 0 saturated carbocycles. The van der Waals surface area contributed by atoms with Crippen LogP contribution in [0, 0.1) is 17.0 Å². The quantitative estimate of drug-likeness (QED) is 0.477. The van der Waals surface area contributed by atoms with Crippen molar-refractivity contribution in [3.8, 4) is 0 Å². The van der Waals surface area contributed by atoms with Crippen LogP contribution in [0.4, 0.5) is 11.4 Å². The number of nitrogens with zero attached hydrogens (tertiary/aromatic N) is 2. The van der Waals surface area contributed by atoms with Crippen molar-refractivity contribution in [2.45, 2.75) is 6.92 Å². The second-order valence-corrected chi connectivity index (χ2v) is 5.28. The lowest BCUT2D eigenvalue weighted by Crippen LogP contribution is -2.26. The molecule has 0 aliphatic rings. The summed E-state index contributed by atoms with van der Waals surface area (Å²) in [5.41, 5.74) is 4.13. The Balaban J connectivity index is 1.92. The molecular weight excluding hydrogens is 332 g/mol. The first-order chi connectivity index (χ1) is 11.5. The molecule has 1 amide bonds. The van der Waals surface area contributed by atoms with Gasteiger partial charge in [-0.15, -0.1) is 0 Å². The second kappa shape index (κ2) is 8.07. The molecular formula is C16H15ClN4O3. The molecule has 0 saturated heterocycles. The maximum atomic E-state index is 11.8. The molecule has 24 heavy (non-hydrogen) atoms. The first-order valence-corrected chi connectivity index (χ1v) is 7.41. The third kappa shape index (κ3) is 4.53. The summed E-state index contributed by atoms with van der Waals surface area (Å²) < 4.78 is 0. The van der Waals surface area contributed by atoms with Gasteiger partial charge in [0.1, 0.15) is 0 Å². The Bertz CT molecular complexity index is 793. The van der Waals surface area contributed by atoms with Crippen LogP contribution in [0.1, 0.15) is 11.1 Å². The van der Waals surface area contributed by atoms with Gasteiger partial charge in [0.25, 0.3) is 11.6 Å². The molecule has 2 aromatic carbocycles. The number of para-hydroxylation sites is 1. The lowest BCUT2D eigenvalue weighted by Gasteiger charge is -2.09. The molecule has 0 heterocycles. The number of hydrogen-bond acceptors (Lipinski definition) is 5. The van der Waals surface area contributed by atoms with E-state index in [1.807, 2.05) is 13.0 Å². The number of carbonyl (C=O) groups is 1. The fourth-order valence-corrected chi connectivity index (χ4v) is 2.13. The van der Waals surface area contributed by atoms with Crippen LogP contribution in [0.5, 0.6) is 0 Å². The van der Waals surface area contributed by atoms with Crippen LogP contribution in [-0.2, 0) is 4.79 Å². The van der Waals surface area contributed by atoms with Gasteiger partial charge in [-0.25, -0.2) is 5.43 Å². The predicted octanol–water partition coefficient (Wildman–Crippen LogP) is 3.12. The number of hydrazone groups is 1. The van der Waals surface area contributed by atoms with E-state index in [4.69, 9.17) is 11.6 Å². The Morgan fingerprint density at radius 2 is 2.04 bits per heavy atom. The van der Waals surface area contributed by atoms with E-state index in [0.717, 1.165) is 11.3 Å². The van der Waals surface area contributed by atoms with E-state index in [2.05, 4.69) is 15.8 Å². The zero-order valence-electron chi connectivity index (χ0n) is 12.8. The van der Waals surface area contributed by atoms with Crippen LogP contribution >= 0.6 is 11.6 Å². The van der Waals surface area contributed by atoms with Gasteiger partial charge >= 0.3 is 0 Å². The zero-order valence-corrected chi connectivity index (χ0v) is 13.6. The number of benzene rings is 2. The van der Waals surface area contributed by atoms with Crippen molar-refractivity contribution in [1.29, 1.82) is 0 Å². The zero-order chi connectivity index (χ0) is 17.5. The van der Waals surface area contributed by atoms with E-state index < -0.39 is 4.92 Å². The Morgan fingerprint density at radius 3 is 2.79 bits per heavy atom. The highest BCUT2D eigenvalue weighted by molar-refractivity contribution is 6.31. The van der Waals surface area contributed by atoms with Crippen LogP contribution in [0.3, 0.4) is 0 Å². The minimum Gasteiger partial charge on any atom is -0.376 e. The number of nitrogens with one attached hydrogen (secondary N) is 2. The minimum atomic E-state index is -0.507. The monoisotopic (exact) mass is 346 g/mol. The van der Waals surface area contributed by atoms with Crippen molar-refractivity contribution in [2.75, 3.05) is 11.9 Å². The summed E-state index contributed by atoms with van der Waals surface area (Å²) in [4.78, 5) is 22.1. The van der Waals surface area contributed by atoms with Gasteiger partial charge in [-0.3, -0.25) is 14.9 Å². The van der Waals surface area contributed by atoms with Crippen LogP contribution < -0.4 is 10.7 Å². The van der Waals surface area contributed by atoms with Crippen molar-refractivity contribution in [3.63, 3.8) is 0 Å². The lowest BCUT2D eigenvalue weighted by atomic mass is 10.2. The van der Waals surface area contributed by atoms with Crippen molar-refractivity contribution in [1.82, 2.24) is 5.43 Å². The van der Waals surface area contributed by atoms with Crippen molar-refractivity contribution >= 4 is 35.1 Å². The van der Waals surface area contributed by atoms with Crippen molar-refractivity contribution in [2.24, 2.45) is 5.10 Å². The predicted molar refractivity (Wildman–Crippen MR) is 93.5 cm³/mol. The molecule has 124 valence electrons. The van der Waals surface area contributed by atoms with E-state index in [1.165, 1.54) is 12.3 Å². The van der Waals surface area contributed by atoms with Crippen LogP contribution in [0.15, 0.2) is 47.6 Å². The molecule has 2 aromatic rings. The minimum absolute atomic E-state index is 0.00456. The van der Waals surface area contributed by atoms with Gasteiger partial charge in [0.05, 0.1) is 23.2 Å². The third-order valence-electron chi connectivity index (χ3n) is 3.23. The summed E-state index contributed by atoms with van der Waals surface area (Å²) in [6.45, 7) is 1.84. The highest BCUT2D eigenvalue weighted by Gasteiger charge is 2.10. The molecule has 7 nitrogen and oxygen atoms in total. The Morgan fingerprint density at radius 1 is 1.29 bits per heavy atom. The highest BCUT2D eigenvalue weighted by Crippen LogP contribution is 2.22. The summed E-state index contributed by atoms with van der Waals surface area (Å²) in [5, 5.41) is 18.2. The standard InChI is InChI=1S/C16H15ClN4O3/c1-11-13(17)6-4-7-14(11)18-10-16(22)20-19-9-12-5-2-3-8-15(12)21(23)24/h2-9,18H,10H2,1H3,(H,20,22)/b19-9+.